The number of nitrogens with one attached hydrogen (secondary N) is 1. The van der Waals surface area contributed by atoms with Gasteiger partial charge >= 0.3 is 0 Å². The predicted octanol–water partition coefficient (Wildman–Crippen LogP) is 2.71. The molecule has 1 aliphatic rings. The van der Waals surface area contributed by atoms with E-state index in [9.17, 15) is 0 Å². The highest BCUT2D eigenvalue weighted by Gasteiger charge is 2.18. The molecule has 0 bridgehead atoms. The van der Waals surface area contributed by atoms with Crippen molar-refractivity contribution in [1.29, 1.82) is 0 Å². The molecule has 0 aromatic carbocycles. The van der Waals surface area contributed by atoms with Crippen LogP contribution in [0, 0.1) is 6.92 Å². The number of H-pyrrole nitrogens is 1. The maximum atomic E-state index is 4.65. The maximum absolute atomic E-state index is 4.65. The smallest absolute Gasteiger partial charge is 0.132 e. The summed E-state index contributed by atoms with van der Waals surface area (Å²) in [6.45, 7) is 2.01. The zero-order chi connectivity index (χ0) is 11.0. The average Bonchev–Trinajstić information content (AvgIpc) is 2.72. The van der Waals surface area contributed by atoms with Gasteiger partial charge in [-0.1, -0.05) is 19.3 Å². The van der Waals surface area contributed by atoms with Crippen molar-refractivity contribution >= 4 is 11.0 Å². The van der Waals surface area contributed by atoms with Gasteiger partial charge in [0.2, 0.25) is 0 Å². The second kappa shape index (κ2) is 3.85. The molecule has 2 heterocycles. The molecule has 1 fully saturated rings. The van der Waals surface area contributed by atoms with Crippen LogP contribution in [0.25, 0.3) is 11.0 Å². The maximum Gasteiger partial charge on any atom is 0.132 e. The first kappa shape index (κ1) is 9.75. The van der Waals surface area contributed by atoms with Crippen molar-refractivity contribution in [3.8, 4) is 0 Å². The van der Waals surface area contributed by atoms with Gasteiger partial charge in [-0.3, -0.25) is 5.10 Å². The number of hydrogen-bond acceptors (Lipinski definition) is 3. The third kappa shape index (κ3) is 1.58. The number of nitrogens with zero attached hydrogens (tertiary/aromatic N) is 3. The van der Waals surface area contributed by atoms with Crippen LogP contribution >= 0.6 is 0 Å². The van der Waals surface area contributed by atoms with E-state index in [1.54, 1.807) is 0 Å². The number of aromatic nitrogens is 4. The molecular weight excluding hydrogens is 200 g/mol. The quantitative estimate of drug-likeness (QED) is 0.797. The van der Waals surface area contributed by atoms with Crippen molar-refractivity contribution in [3.63, 3.8) is 0 Å². The van der Waals surface area contributed by atoms with Crippen molar-refractivity contribution in [3.05, 3.63) is 17.7 Å². The summed E-state index contributed by atoms with van der Waals surface area (Å²) in [5, 5.41) is 7.11. The molecule has 2 aromatic rings. The lowest BCUT2D eigenvalue weighted by Gasteiger charge is -2.19. The van der Waals surface area contributed by atoms with Crippen molar-refractivity contribution in [1.82, 2.24) is 20.2 Å². The average molecular weight is 216 g/mol. The van der Waals surface area contributed by atoms with Gasteiger partial charge in [-0.15, -0.1) is 0 Å². The summed E-state index contributed by atoms with van der Waals surface area (Å²) in [5.41, 5.74) is 2.89. The summed E-state index contributed by atoms with van der Waals surface area (Å²) >= 11 is 0. The Balaban J connectivity index is 1.99. The third-order valence-corrected chi connectivity index (χ3v) is 3.46. The van der Waals surface area contributed by atoms with Crippen LogP contribution in [0.2, 0.25) is 0 Å². The highest BCUT2D eigenvalue weighted by atomic mass is 15.1. The fourth-order valence-electron chi connectivity index (χ4n) is 2.50. The highest BCUT2D eigenvalue weighted by molar-refractivity contribution is 5.75. The van der Waals surface area contributed by atoms with Gasteiger partial charge < -0.3 is 0 Å². The minimum absolute atomic E-state index is 0.562. The van der Waals surface area contributed by atoms with Crippen LogP contribution in [-0.2, 0) is 0 Å². The largest absolute Gasteiger partial charge is 0.280 e. The molecular formula is C12H16N4. The summed E-state index contributed by atoms with van der Waals surface area (Å²) in [6.07, 6.45) is 8.32. The zero-order valence-electron chi connectivity index (χ0n) is 9.53. The molecule has 1 N–H and O–H groups in total. The van der Waals surface area contributed by atoms with E-state index in [0.717, 1.165) is 22.6 Å². The molecule has 1 saturated carbocycles. The van der Waals surface area contributed by atoms with E-state index < -0.39 is 0 Å². The number of aromatic amines is 1. The Morgan fingerprint density at radius 1 is 1.25 bits per heavy atom. The van der Waals surface area contributed by atoms with Crippen LogP contribution < -0.4 is 0 Å². The van der Waals surface area contributed by atoms with E-state index in [0.29, 0.717) is 5.92 Å². The Labute approximate surface area is 94.5 Å². The van der Waals surface area contributed by atoms with Crippen LogP contribution in [0.4, 0.5) is 0 Å². The number of rotatable bonds is 1. The van der Waals surface area contributed by atoms with E-state index in [2.05, 4.69) is 20.2 Å². The third-order valence-electron chi connectivity index (χ3n) is 3.46. The monoisotopic (exact) mass is 216 g/mol. The molecule has 0 unspecified atom stereocenters. The fraction of sp³-hybridized carbons (Fsp3) is 0.583. The van der Waals surface area contributed by atoms with Gasteiger partial charge in [0.05, 0.1) is 11.9 Å². The Hall–Kier alpha value is -1.45. The molecule has 16 heavy (non-hydrogen) atoms. The van der Waals surface area contributed by atoms with Crippen LogP contribution in [0.5, 0.6) is 0 Å². The molecule has 0 saturated heterocycles. The molecule has 0 aliphatic heterocycles. The molecule has 0 amide bonds. The summed E-state index contributed by atoms with van der Waals surface area (Å²) in [6, 6.07) is 0. The van der Waals surface area contributed by atoms with Crippen LogP contribution in [0.15, 0.2) is 6.20 Å². The van der Waals surface area contributed by atoms with Crippen LogP contribution in [0.1, 0.15) is 49.5 Å². The van der Waals surface area contributed by atoms with Gasteiger partial charge in [0, 0.05) is 5.92 Å². The Bertz CT molecular complexity index is 497. The van der Waals surface area contributed by atoms with E-state index in [1.807, 2.05) is 13.1 Å². The Kier molecular flexibility index (Phi) is 2.35. The molecule has 0 radical (unpaired) electrons. The molecule has 0 spiro atoms. The summed E-state index contributed by atoms with van der Waals surface area (Å²) < 4.78 is 0. The number of aryl methyl sites for hydroxylation is 1. The van der Waals surface area contributed by atoms with Crippen LogP contribution in [0.3, 0.4) is 0 Å². The predicted molar refractivity (Wildman–Crippen MR) is 62.2 cm³/mol. The minimum atomic E-state index is 0.562. The van der Waals surface area contributed by atoms with Gasteiger partial charge in [0.25, 0.3) is 0 Å². The molecule has 4 nitrogen and oxygen atoms in total. The van der Waals surface area contributed by atoms with Crippen molar-refractivity contribution < 1.29 is 0 Å². The van der Waals surface area contributed by atoms with E-state index in [1.165, 1.54) is 32.1 Å². The molecule has 1 aliphatic carbocycles. The number of fused-ring (bicyclic) bond motifs is 1. The van der Waals surface area contributed by atoms with E-state index in [-0.39, 0.29) is 0 Å². The second-order valence-electron chi connectivity index (χ2n) is 4.65. The summed E-state index contributed by atoms with van der Waals surface area (Å²) in [7, 11) is 0. The number of hydrogen-bond donors (Lipinski definition) is 1. The van der Waals surface area contributed by atoms with Crippen molar-refractivity contribution in [2.24, 2.45) is 0 Å². The minimum Gasteiger partial charge on any atom is -0.280 e. The summed E-state index contributed by atoms with van der Waals surface area (Å²) in [4.78, 5) is 9.10. The van der Waals surface area contributed by atoms with Gasteiger partial charge in [0.15, 0.2) is 0 Å². The molecule has 84 valence electrons. The second-order valence-corrected chi connectivity index (χ2v) is 4.65. The molecule has 0 atom stereocenters. The molecule has 4 heteroatoms. The topological polar surface area (TPSA) is 54.5 Å². The normalized spacial score (nSPS) is 18.1. The Morgan fingerprint density at radius 2 is 2.06 bits per heavy atom. The lowest BCUT2D eigenvalue weighted by molar-refractivity contribution is 0.429. The lowest BCUT2D eigenvalue weighted by atomic mass is 9.89. The molecule has 2 aromatic heterocycles. The Morgan fingerprint density at radius 3 is 2.88 bits per heavy atom. The standard InChI is InChI=1S/C12H16N4/c1-8-11-10(16-15-8)7-13-12(14-11)9-5-3-2-4-6-9/h7,9H,2-6H2,1H3,(H,15,16). The van der Waals surface area contributed by atoms with Gasteiger partial charge in [-0.05, 0) is 19.8 Å². The van der Waals surface area contributed by atoms with E-state index >= 15 is 0 Å². The lowest BCUT2D eigenvalue weighted by Crippen LogP contribution is -2.08. The molecule has 3 rings (SSSR count). The first-order chi connectivity index (χ1) is 7.84. The first-order valence-corrected chi connectivity index (χ1v) is 6.02. The van der Waals surface area contributed by atoms with E-state index in [4.69, 9.17) is 0 Å². The summed E-state index contributed by atoms with van der Waals surface area (Å²) in [5.74, 6) is 1.57. The van der Waals surface area contributed by atoms with Gasteiger partial charge in [-0.2, -0.15) is 5.10 Å². The van der Waals surface area contributed by atoms with Crippen molar-refractivity contribution in [2.45, 2.75) is 44.9 Å². The SMILES string of the molecule is Cc1[nH]nc2cnc(C3CCCCC3)nc12. The highest BCUT2D eigenvalue weighted by Crippen LogP contribution is 2.31. The van der Waals surface area contributed by atoms with Crippen LogP contribution in [-0.4, -0.2) is 20.2 Å². The van der Waals surface area contributed by atoms with Gasteiger partial charge in [-0.25, -0.2) is 9.97 Å². The fourth-order valence-corrected chi connectivity index (χ4v) is 2.50. The first-order valence-electron chi connectivity index (χ1n) is 6.02. The zero-order valence-corrected chi connectivity index (χ0v) is 9.53. The van der Waals surface area contributed by atoms with Crippen molar-refractivity contribution in [2.75, 3.05) is 0 Å². The van der Waals surface area contributed by atoms with Gasteiger partial charge in [0.1, 0.15) is 16.9 Å².